The number of hydrogen-bond acceptors (Lipinski definition) is 7. The van der Waals surface area contributed by atoms with E-state index < -0.39 is 17.8 Å². The Morgan fingerprint density at radius 2 is 2.22 bits per heavy atom. The molecule has 2 N–H and O–H groups in total. The molecule has 0 radical (unpaired) electrons. The maximum absolute atomic E-state index is 14.3. The molecule has 6 heterocycles. The first-order valence-corrected chi connectivity index (χ1v) is 9.91. The van der Waals surface area contributed by atoms with E-state index in [-0.39, 0.29) is 11.8 Å². The number of aromatic nitrogens is 8. The van der Waals surface area contributed by atoms with Gasteiger partial charge in [0.2, 0.25) is 0 Å². The van der Waals surface area contributed by atoms with Gasteiger partial charge in [0, 0.05) is 30.6 Å². The van der Waals surface area contributed by atoms with Gasteiger partial charge in [0.1, 0.15) is 23.1 Å². The fourth-order valence-corrected chi connectivity index (χ4v) is 3.99. The summed E-state index contributed by atoms with van der Waals surface area (Å²) in [4.78, 5) is 22.5. The highest BCUT2D eigenvalue weighted by Gasteiger charge is 2.38. The van der Waals surface area contributed by atoms with Gasteiger partial charge in [-0.25, -0.2) is 13.9 Å². The van der Waals surface area contributed by atoms with Crippen LogP contribution in [0, 0.1) is 12.7 Å². The van der Waals surface area contributed by atoms with Gasteiger partial charge in [0.25, 0.3) is 5.89 Å². The molecule has 0 spiro atoms. The smallest absolute Gasteiger partial charge is 0.312 e. The van der Waals surface area contributed by atoms with Gasteiger partial charge in [0.05, 0.1) is 17.7 Å². The Morgan fingerprint density at radius 1 is 1.31 bits per heavy atom. The quantitative estimate of drug-likeness (QED) is 0.445. The number of aryl methyl sites for hydroxylation is 1. The van der Waals surface area contributed by atoms with Crippen molar-refractivity contribution in [2.45, 2.75) is 19.4 Å². The van der Waals surface area contributed by atoms with Gasteiger partial charge in [-0.3, -0.25) is 9.89 Å². The minimum Gasteiger partial charge on any atom is -0.411 e. The van der Waals surface area contributed by atoms with E-state index >= 15 is 0 Å². The molecule has 0 aromatic carbocycles. The lowest BCUT2D eigenvalue weighted by Gasteiger charge is -2.32. The van der Waals surface area contributed by atoms with Crippen LogP contribution in [0.2, 0.25) is 0 Å². The Kier molecular flexibility index (Phi) is 3.93. The molecule has 1 aliphatic rings. The molecule has 32 heavy (non-hydrogen) atoms. The molecule has 0 aliphatic carbocycles. The van der Waals surface area contributed by atoms with Crippen molar-refractivity contribution in [3.63, 3.8) is 0 Å². The molecule has 160 valence electrons. The van der Waals surface area contributed by atoms with E-state index in [0.717, 1.165) is 11.4 Å². The van der Waals surface area contributed by atoms with Crippen LogP contribution in [0.3, 0.4) is 0 Å². The number of halogens is 1. The summed E-state index contributed by atoms with van der Waals surface area (Å²) >= 11 is 0. The first-order chi connectivity index (χ1) is 15.6. The van der Waals surface area contributed by atoms with Crippen molar-refractivity contribution in [1.82, 2.24) is 44.9 Å². The molecule has 11 nitrogen and oxygen atoms in total. The number of aromatic amines is 2. The maximum Gasteiger partial charge on any atom is 0.312 e. The van der Waals surface area contributed by atoms with Crippen LogP contribution < -0.4 is 0 Å². The lowest BCUT2D eigenvalue weighted by Crippen LogP contribution is -2.41. The fraction of sp³-hybridized carbons (Fsp3) is 0.200. The van der Waals surface area contributed by atoms with Crippen LogP contribution in [-0.2, 0) is 6.42 Å². The van der Waals surface area contributed by atoms with Crippen molar-refractivity contribution in [3.05, 3.63) is 71.3 Å². The summed E-state index contributed by atoms with van der Waals surface area (Å²) in [5, 5.41) is 19.3. The van der Waals surface area contributed by atoms with Crippen molar-refractivity contribution in [1.29, 1.82) is 0 Å². The van der Waals surface area contributed by atoms with Crippen LogP contribution in [0.5, 0.6) is 0 Å². The van der Waals surface area contributed by atoms with E-state index in [1.165, 1.54) is 10.6 Å². The molecule has 5 aromatic rings. The number of carbonyl (C=O) groups excluding carboxylic acids is 1. The third kappa shape index (κ3) is 2.80. The van der Waals surface area contributed by atoms with E-state index in [9.17, 15) is 9.18 Å². The van der Waals surface area contributed by atoms with Crippen molar-refractivity contribution < 1.29 is 13.6 Å². The summed E-state index contributed by atoms with van der Waals surface area (Å²) in [6, 6.07) is 5.66. The van der Waals surface area contributed by atoms with Gasteiger partial charge in [-0.2, -0.15) is 10.2 Å². The number of nitrogens with one attached hydrogen (secondary N) is 2. The molecule has 0 bridgehead atoms. The second kappa shape index (κ2) is 6.83. The molecule has 1 aliphatic heterocycles. The molecule has 1 atom stereocenters. The normalized spacial score (nSPS) is 15.9. The molecule has 12 heteroatoms. The molecular weight excluding hydrogens is 417 g/mol. The van der Waals surface area contributed by atoms with Crippen LogP contribution in [0.15, 0.2) is 41.2 Å². The maximum atomic E-state index is 14.3. The Morgan fingerprint density at radius 3 is 3.03 bits per heavy atom. The number of amides is 1. The first-order valence-electron chi connectivity index (χ1n) is 9.91. The van der Waals surface area contributed by atoms with E-state index in [1.54, 1.807) is 35.6 Å². The third-order valence-electron chi connectivity index (χ3n) is 5.47. The van der Waals surface area contributed by atoms with E-state index in [2.05, 4.69) is 35.5 Å². The number of rotatable bonds is 3. The summed E-state index contributed by atoms with van der Waals surface area (Å²) < 4.78 is 21.3. The number of fused-ring (bicyclic) bond motifs is 2. The fourth-order valence-electron chi connectivity index (χ4n) is 3.99. The highest BCUT2D eigenvalue weighted by atomic mass is 19.1. The Labute approximate surface area is 179 Å². The average molecular weight is 433 g/mol. The van der Waals surface area contributed by atoms with Gasteiger partial charge in [-0.05, 0) is 31.2 Å². The van der Waals surface area contributed by atoms with Crippen LogP contribution in [-0.4, -0.2) is 57.3 Å². The molecule has 0 saturated heterocycles. The number of hydrogen-bond donors (Lipinski definition) is 2. The molecule has 1 amide bonds. The van der Waals surface area contributed by atoms with Crippen molar-refractivity contribution in [2.75, 3.05) is 6.54 Å². The van der Waals surface area contributed by atoms with Gasteiger partial charge in [-0.1, -0.05) is 0 Å². The summed E-state index contributed by atoms with van der Waals surface area (Å²) in [5.74, 6) is -0.897. The zero-order valence-electron chi connectivity index (χ0n) is 16.8. The van der Waals surface area contributed by atoms with Crippen molar-refractivity contribution in [2.24, 2.45) is 0 Å². The predicted molar refractivity (Wildman–Crippen MR) is 107 cm³/mol. The highest BCUT2D eigenvalue weighted by Crippen LogP contribution is 2.34. The second-order valence-electron chi connectivity index (χ2n) is 7.52. The minimum atomic E-state index is -0.639. The Hall–Kier alpha value is -4.35. The highest BCUT2D eigenvalue weighted by molar-refractivity contribution is 5.90. The summed E-state index contributed by atoms with van der Waals surface area (Å²) in [7, 11) is 0. The lowest BCUT2D eigenvalue weighted by atomic mass is 9.99. The molecule has 5 aromatic heterocycles. The average Bonchev–Trinajstić information content (AvgIpc) is 3.57. The largest absolute Gasteiger partial charge is 0.411 e. The van der Waals surface area contributed by atoms with Gasteiger partial charge >= 0.3 is 11.8 Å². The standard InChI is InChI=1S/C20H16FN9O2/c1-10-7-14(25-24-10)18-26-27-19(32-18)20(31)29-6-4-12-16(23-9-22-12)17(29)13-8-15-11(21)3-2-5-30(15)28-13/h2-3,5,7-9,17H,4,6H2,1H3,(H,22,23)(H,24,25). The van der Waals surface area contributed by atoms with E-state index in [4.69, 9.17) is 4.42 Å². The number of nitrogens with zero attached hydrogens (tertiary/aromatic N) is 7. The number of H-pyrrole nitrogens is 2. The Bertz CT molecular complexity index is 1460. The van der Waals surface area contributed by atoms with E-state index in [1.807, 2.05) is 6.92 Å². The van der Waals surface area contributed by atoms with Crippen LogP contribution in [0.25, 0.3) is 17.1 Å². The van der Waals surface area contributed by atoms with Gasteiger partial charge in [0.15, 0.2) is 0 Å². The topological polar surface area (TPSA) is 134 Å². The predicted octanol–water partition coefficient (Wildman–Crippen LogP) is 2.07. The molecule has 1 unspecified atom stereocenters. The SMILES string of the molecule is Cc1cc(-c2nnc(C(=O)N3CCc4[nH]cnc4C3c3cc4c(F)cccn4n3)o2)n[nH]1. The van der Waals surface area contributed by atoms with Crippen molar-refractivity contribution in [3.8, 4) is 11.6 Å². The summed E-state index contributed by atoms with van der Waals surface area (Å²) in [6.45, 7) is 2.21. The third-order valence-corrected chi connectivity index (χ3v) is 5.47. The zero-order valence-corrected chi connectivity index (χ0v) is 16.8. The minimum absolute atomic E-state index is 0.140. The first kappa shape index (κ1) is 18.4. The monoisotopic (exact) mass is 433 g/mol. The lowest BCUT2D eigenvalue weighted by molar-refractivity contribution is 0.0646. The van der Waals surface area contributed by atoms with Crippen LogP contribution in [0.4, 0.5) is 4.39 Å². The van der Waals surface area contributed by atoms with Gasteiger partial charge < -0.3 is 14.3 Å². The van der Waals surface area contributed by atoms with Crippen LogP contribution >= 0.6 is 0 Å². The molecular formula is C20H16FN9O2. The van der Waals surface area contributed by atoms with E-state index in [0.29, 0.717) is 35.6 Å². The molecule has 0 fully saturated rings. The number of pyridine rings is 1. The van der Waals surface area contributed by atoms with Gasteiger partial charge in [-0.15, -0.1) is 10.2 Å². The number of imidazole rings is 1. The van der Waals surface area contributed by atoms with Crippen molar-refractivity contribution >= 4 is 11.4 Å². The summed E-state index contributed by atoms with van der Waals surface area (Å²) in [6.07, 6.45) is 3.80. The molecule has 0 saturated carbocycles. The second-order valence-corrected chi connectivity index (χ2v) is 7.52. The Balaban J connectivity index is 1.41. The zero-order chi connectivity index (χ0) is 21.8. The number of carbonyl (C=O) groups is 1. The molecule has 6 rings (SSSR count). The summed E-state index contributed by atoms with van der Waals surface area (Å²) in [5.41, 5.74) is 3.62. The van der Waals surface area contributed by atoms with Crippen LogP contribution in [0.1, 0.15) is 39.5 Å².